The van der Waals surface area contributed by atoms with Crippen LogP contribution in [0.25, 0.3) is 0 Å². The molecule has 0 heterocycles. The van der Waals surface area contributed by atoms with E-state index in [1.54, 1.807) is 6.92 Å². The maximum Gasteiger partial charge on any atom is 0.397 e. The van der Waals surface area contributed by atoms with Gasteiger partial charge in [-0.1, -0.05) is 0 Å². The van der Waals surface area contributed by atoms with Crippen LogP contribution in [0.1, 0.15) is 6.92 Å². The minimum absolute atomic E-state index is 0.0395. The van der Waals surface area contributed by atoms with Crippen molar-refractivity contribution in [1.29, 1.82) is 0 Å². The van der Waals surface area contributed by atoms with E-state index in [-0.39, 0.29) is 18.0 Å². The average molecular weight is 226 g/mol. The molecule has 1 aromatic rings. The molecule has 6 heteroatoms. The minimum atomic E-state index is -1.01. The van der Waals surface area contributed by atoms with Gasteiger partial charge in [0.1, 0.15) is 5.82 Å². The van der Waals surface area contributed by atoms with Gasteiger partial charge in [0, 0.05) is 0 Å². The zero-order chi connectivity index (χ0) is 12.1. The summed E-state index contributed by atoms with van der Waals surface area (Å²) in [5.74, 6) is -2.47. The van der Waals surface area contributed by atoms with Crippen molar-refractivity contribution in [2.24, 2.45) is 0 Å². The zero-order valence-electron chi connectivity index (χ0n) is 8.62. The van der Waals surface area contributed by atoms with E-state index in [9.17, 15) is 14.0 Å². The molecule has 0 fully saturated rings. The molecule has 0 aliphatic heterocycles. The third-order valence-corrected chi connectivity index (χ3v) is 1.72. The summed E-state index contributed by atoms with van der Waals surface area (Å²) in [5.41, 5.74) is 5.64. The largest absolute Gasteiger partial charge is 0.459 e. The Morgan fingerprint density at radius 3 is 2.75 bits per heavy atom. The Morgan fingerprint density at radius 1 is 1.50 bits per heavy atom. The van der Waals surface area contributed by atoms with Crippen LogP contribution in [-0.2, 0) is 14.3 Å². The van der Waals surface area contributed by atoms with Crippen LogP contribution < -0.4 is 11.1 Å². The summed E-state index contributed by atoms with van der Waals surface area (Å²) in [7, 11) is 0. The lowest BCUT2D eigenvalue weighted by Gasteiger charge is -2.07. The monoisotopic (exact) mass is 226 g/mol. The van der Waals surface area contributed by atoms with Crippen molar-refractivity contribution >= 4 is 23.3 Å². The van der Waals surface area contributed by atoms with Gasteiger partial charge < -0.3 is 15.8 Å². The molecule has 0 saturated carbocycles. The average Bonchev–Trinajstić information content (AvgIpc) is 2.22. The second-order valence-electron chi connectivity index (χ2n) is 2.91. The topological polar surface area (TPSA) is 81.4 Å². The predicted octanol–water partition coefficient (Wildman–Crippen LogP) is 0.910. The Balaban J connectivity index is 2.73. The SMILES string of the molecule is CCOC(=O)C(=O)Nc1ccc(F)cc1N. The van der Waals surface area contributed by atoms with E-state index in [1.807, 2.05) is 0 Å². The maximum absolute atomic E-state index is 12.7. The van der Waals surface area contributed by atoms with Gasteiger partial charge >= 0.3 is 11.9 Å². The normalized spacial score (nSPS) is 9.62. The molecule has 0 spiro atoms. The maximum atomic E-state index is 12.7. The number of carbonyl (C=O) groups is 2. The van der Waals surface area contributed by atoms with Gasteiger partial charge in [-0.3, -0.25) is 4.79 Å². The number of esters is 1. The fourth-order valence-corrected chi connectivity index (χ4v) is 1.02. The number of carbonyl (C=O) groups excluding carboxylic acids is 2. The highest BCUT2D eigenvalue weighted by molar-refractivity contribution is 6.37. The molecule has 0 unspecified atom stereocenters. The van der Waals surface area contributed by atoms with Crippen LogP contribution in [0.4, 0.5) is 15.8 Å². The van der Waals surface area contributed by atoms with E-state index in [1.165, 1.54) is 6.07 Å². The number of nitrogens with one attached hydrogen (secondary N) is 1. The zero-order valence-corrected chi connectivity index (χ0v) is 8.62. The number of hydrogen-bond donors (Lipinski definition) is 2. The van der Waals surface area contributed by atoms with E-state index in [4.69, 9.17) is 5.73 Å². The number of hydrogen-bond acceptors (Lipinski definition) is 4. The first-order valence-corrected chi connectivity index (χ1v) is 4.57. The van der Waals surface area contributed by atoms with Crippen molar-refractivity contribution < 1.29 is 18.7 Å². The van der Waals surface area contributed by atoms with Crippen LogP contribution in [0, 0.1) is 5.82 Å². The molecule has 1 rings (SSSR count). The highest BCUT2D eigenvalue weighted by atomic mass is 19.1. The summed E-state index contributed by atoms with van der Waals surface area (Å²) >= 11 is 0. The molecule has 1 amide bonds. The van der Waals surface area contributed by atoms with Gasteiger partial charge in [0.25, 0.3) is 0 Å². The van der Waals surface area contributed by atoms with Gasteiger partial charge in [-0.15, -0.1) is 0 Å². The van der Waals surface area contributed by atoms with E-state index < -0.39 is 17.7 Å². The van der Waals surface area contributed by atoms with Crippen molar-refractivity contribution in [3.8, 4) is 0 Å². The standard InChI is InChI=1S/C10H11FN2O3/c1-2-16-10(15)9(14)13-8-4-3-6(11)5-7(8)12/h3-5H,2,12H2,1H3,(H,13,14). The smallest absolute Gasteiger partial charge is 0.397 e. The molecule has 16 heavy (non-hydrogen) atoms. The first-order chi connectivity index (χ1) is 7.54. The number of halogens is 1. The third kappa shape index (κ3) is 2.94. The fraction of sp³-hybridized carbons (Fsp3) is 0.200. The van der Waals surface area contributed by atoms with Crippen LogP contribution in [-0.4, -0.2) is 18.5 Å². The molecule has 5 nitrogen and oxygen atoms in total. The van der Waals surface area contributed by atoms with Crippen molar-refractivity contribution in [1.82, 2.24) is 0 Å². The number of amides is 1. The number of ether oxygens (including phenoxy) is 1. The van der Waals surface area contributed by atoms with Gasteiger partial charge in [0.15, 0.2) is 0 Å². The quantitative estimate of drug-likeness (QED) is 0.446. The van der Waals surface area contributed by atoms with Gasteiger partial charge in [0.2, 0.25) is 0 Å². The lowest BCUT2D eigenvalue weighted by atomic mass is 10.2. The molecule has 3 N–H and O–H groups in total. The molecule has 1 aromatic carbocycles. The van der Waals surface area contributed by atoms with E-state index >= 15 is 0 Å². The first kappa shape index (κ1) is 12.0. The second kappa shape index (κ2) is 5.11. The van der Waals surface area contributed by atoms with Crippen LogP contribution in [0.2, 0.25) is 0 Å². The number of anilines is 2. The Kier molecular flexibility index (Phi) is 3.82. The molecular formula is C10H11FN2O3. The Labute approximate surface area is 91.4 Å². The molecule has 0 aliphatic carbocycles. The summed E-state index contributed by atoms with van der Waals surface area (Å²) in [6, 6.07) is 3.43. The molecular weight excluding hydrogens is 215 g/mol. The molecule has 0 saturated heterocycles. The number of benzene rings is 1. The first-order valence-electron chi connectivity index (χ1n) is 4.57. The Hall–Kier alpha value is -2.11. The number of rotatable bonds is 2. The van der Waals surface area contributed by atoms with Crippen molar-refractivity contribution in [2.75, 3.05) is 17.7 Å². The van der Waals surface area contributed by atoms with Gasteiger partial charge in [-0.25, -0.2) is 9.18 Å². The molecule has 0 bridgehead atoms. The second-order valence-corrected chi connectivity index (χ2v) is 2.91. The van der Waals surface area contributed by atoms with Crippen LogP contribution in [0.3, 0.4) is 0 Å². The summed E-state index contributed by atoms with van der Waals surface area (Å²) in [5, 5.41) is 2.22. The van der Waals surface area contributed by atoms with E-state index in [0.717, 1.165) is 12.1 Å². The summed E-state index contributed by atoms with van der Waals surface area (Å²) in [6.45, 7) is 1.68. The number of nitrogens with two attached hydrogens (primary N) is 1. The van der Waals surface area contributed by atoms with Gasteiger partial charge in [-0.05, 0) is 25.1 Å². The summed E-state index contributed by atoms with van der Waals surface area (Å²) in [4.78, 5) is 22.2. The van der Waals surface area contributed by atoms with Crippen molar-refractivity contribution in [3.63, 3.8) is 0 Å². The van der Waals surface area contributed by atoms with Crippen molar-refractivity contribution in [3.05, 3.63) is 24.0 Å². The molecule has 0 atom stereocenters. The van der Waals surface area contributed by atoms with E-state index in [0.29, 0.717) is 0 Å². The van der Waals surface area contributed by atoms with E-state index in [2.05, 4.69) is 10.1 Å². The van der Waals surface area contributed by atoms with Gasteiger partial charge in [-0.2, -0.15) is 0 Å². The lowest BCUT2D eigenvalue weighted by molar-refractivity contribution is -0.152. The van der Waals surface area contributed by atoms with Gasteiger partial charge in [0.05, 0.1) is 18.0 Å². The van der Waals surface area contributed by atoms with Crippen molar-refractivity contribution in [2.45, 2.75) is 6.92 Å². The lowest BCUT2D eigenvalue weighted by Crippen LogP contribution is -2.25. The fourth-order valence-electron chi connectivity index (χ4n) is 1.02. The third-order valence-electron chi connectivity index (χ3n) is 1.72. The summed E-state index contributed by atoms with van der Waals surface area (Å²) < 4.78 is 17.2. The van der Waals surface area contributed by atoms with Crippen LogP contribution in [0.5, 0.6) is 0 Å². The Bertz CT molecular complexity index is 421. The number of nitrogen functional groups attached to an aromatic ring is 1. The molecule has 0 radical (unpaired) electrons. The molecule has 0 aliphatic rings. The molecule has 86 valence electrons. The predicted molar refractivity (Wildman–Crippen MR) is 56.1 cm³/mol. The minimum Gasteiger partial charge on any atom is -0.459 e. The highest BCUT2D eigenvalue weighted by Crippen LogP contribution is 2.18. The Morgan fingerprint density at radius 2 is 2.19 bits per heavy atom. The van der Waals surface area contributed by atoms with Crippen LogP contribution in [0.15, 0.2) is 18.2 Å². The van der Waals surface area contributed by atoms with Crippen LogP contribution >= 0.6 is 0 Å². The molecule has 0 aromatic heterocycles. The summed E-state index contributed by atoms with van der Waals surface area (Å²) in [6.07, 6.45) is 0. The highest BCUT2D eigenvalue weighted by Gasteiger charge is 2.15.